The van der Waals surface area contributed by atoms with Crippen molar-refractivity contribution in [3.8, 4) is 0 Å². The van der Waals surface area contributed by atoms with Crippen molar-refractivity contribution in [1.82, 2.24) is 5.32 Å². The topological polar surface area (TPSA) is 38.3 Å². The number of carbonyl (C=O) groups excluding carboxylic acids is 1. The first-order valence-electron chi connectivity index (χ1n) is 5.05. The van der Waals surface area contributed by atoms with Gasteiger partial charge in [-0.3, -0.25) is 4.79 Å². The molecule has 0 saturated heterocycles. The van der Waals surface area contributed by atoms with Gasteiger partial charge in [0.25, 0.3) is 0 Å². The lowest BCUT2D eigenvalue weighted by Gasteiger charge is -2.08. The van der Waals surface area contributed by atoms with Gasteiger partial charge in [-0.05, 0) is 20.3 Å². The number of carbonyl (C=O) groups is 1. The molecule has 3 heteroatoms. The number of rotatable bonds is 7. The molecule has 0 heterocycles. The summed E-state index contributed by atoms with van der Waals surface area (Å²) in [6.45, 7) is 7.28. The number of hydrogen-bond acceptors (Lipinski definition) is 2. The molecule has 1 N–H and O–H groups in total. The van der Waals surface area contributed by atoms with Crippen LogP contribution in [0, 0.1) is 0 Å². The summed E-state index contributed by atoms with van der Waals surface area (Å²) >= 11 is 0. The molecular formula is C10H21NO2. The summed E-state index contributed by atoms with van der Waals surface area (Å²) in [5.41, 5.74) is 0. The Balaban J connectivity index is 3.17. The molecule has 78 valence electrons. The molecule has 0 rings (SSSR count). The molecule has 0 unspecified atom stereocenters. The van der Waals surface area contributed by atoms with Crippen LogP contribution in [0.15, 0.2) is 0 Å². The van der Waals surface area contributed by atoms with Crippen LogP contribution in [0.1, 0.15) is 40.0 Å². The summed E-state index contributed by atoms with van der Waals surface area (Å²) in [5.74, 6) is 0.134. The smallest absolute Gasteiger partial charge is 0.220 e. The van der Waals surface area contributed by atoms with Crippen molar-refractivity contribution >= 4 is 5.91 Å². The number of unbranched alkanes of at least 4 members (excludes halogenated alkanes) is 1. The van der Waals surface area contributed by atoms with Crippen LogP contribution in [-0.2, 0) is 9.53 Å². The van der Waals surface area contributed by atoms with Crippen molar-refractivity contribution in [1.29, 1.82) is 0 Å². The number of ether oxygens (including phenoxy) is 1. The first-order chi connectivity index (χ1) is 6.16. The van der Waals surface area contributed by atoms with Gasteiger partial charge in [-0.2, -0.15) is 0 Å². The molecule has 13 heavy (non-hydrogen) atoms. The molecule has 0 aromatic rings. The normalized spacial score (nSPS) is 10.5. The van der Waals surface area contributed by atoms with Crippen LogP contribution < -0.4 is 5.32 Å². The summed E-state index contributed by atoms with van der Waals surface area (Å²) < 4.78 is 5.28. The average Bonchev–Trinajstić information content (AvgIpc) is 2.08. The van der Waals surface area contributed by atoms with Crippen molar-refractivity contribution in [2.24, 2.45) is 0 Å². The van der Waals surface area contributed by atoms with Crippen molar-refractivity contribution < 1.29 is 9.53 Å². The molecule has 0 radical (unpaired) electrons. The van der Waals surface area contributed by atoms with Gasteiger partial charge in [0.1, 0.15) is 0 Å². The maximum Gasteiger partial charge on any atom is 0.220 e. The van der Waals surface area contributed by atoms with E-state index in [0.717, 1.165) is 12.8 Å². The van der Waals surface area contributed by atoms with E-state index in [9.17, 15) is 4.79 Å². The van der Waals surface area contributed by atoms with E-state index in [2.05, 4.69) is 12.2 Å². The van der Waals surface area contributed by atoms with Crippen LogP contribution in [0.2, 0.25) is 0 Å². The lowest BCUT2D eigenvalue weighted by Crippen LogP contribution is -2.27. The SMILES string of the molecule is CCCCC(=O)NCCOC(C)C. The van der Waals surface area contributed by atoms with Gasteiger partial charge in [0.05, 0.1) is 12.7 Å². The number of hydrogen-bond donors (Lipinski definition) is 1. The van der Waals surface area contributed by atoms with Crippen molar-refractivity contribution in [2.75, 3.05) is 13.2 Å². The maximum atomic E-state index is 11.1. The van der Waals surface area contributed by atoms with Gasteiger partial charge in [0, 0.05) is 13.0 Å². The van der Waals surface area contributed by atoms with E-state index in [1.54, 1.807) is 0 Å². The summed E-state index contributed by atoms with van der Waals surface area (Å²) in [5, 5.41) is 2.81. The van der Waals surface area contributed by atoms with Crippen LogP contribution in [0.25, 0.3) is 0 Å². The van der Waals surface area contributed by atoms with E-state index in [-0.39, 0.29) is 12.0 Å². The van der Waals surface area contributed by atoms with E-state index < -0.39 is 0 Å². The van der Waals surface area contributed by atoms with E-state index in [1.807, 2.05) is 13.8 Å². The summed E-state index contributed by atoms with van der Waals surface area (Å²) in [6.07, 6.45) is 2.91. The molecule has 0 aliphatic heterocycles. The third-order valence-electron chi connectivity index (χ3n) is 1.63. The monoisotopic (exact) mass is 187 g/mol. The third-order valence-corrected chi connectivity index (χ3v) is 1.63. The Bertz CT molecular complexity index is 135. The molecule has 0 aliphatic carbocycles. The molecule has 0 saturated carbocycles. The quantitative estimate of drug-likeness (QED) is 0.616. The number of amides is 1. The van der Waals surface area contributed by atoms with Gasteiger partial charge in [0.2, 0.25) is 5.91 Å². The van der Waals surface area contributed by atoms with Crippen molar-refractivity contribution in [3.63, 3.8) is 0 Å². The fourth-order valence-corrected chi connectivity index (χ4v) is 0.911. The molecule has 0 bridgehead atoms. The molecular weight excluding hydrogens is 166 g/mol. The van der Waals surface area contributed by atoms with Gasteiger partial charge in [-0.15, -0.1) is 0 Å². The largest absolute Gasteiger partial charge is 0.377 e. The molecule has 0 atom stereocenters. The zero-order chi connectivity index (χ0) is 10.1. The zero-order valence-corrected chi connectivity index (χ0v) is 8.93. The minimum atomic E-state index is 0.134. The molecule has 0 aliphatic rings. The Morgan fingerprint density at radius 2 is 2.15 bits per heavy atom. The average molecular weight is 187 g/mol. The van der Waals surface area contributed by atoms with Crippen molar-refractivity contribution in [2.45, 2.75) is 46.1 Å². The predicted molar refractivity (Wildman–Crippen MR) is 53.6 cm³/mol. The predicted octanol–water partition coefficient (Wildman–Crippen LogP) is 1.72. The second-order valence-electron chi connectivity index (χ2n) is 3.37. The minimum Gasteiger partial charge on any atom is -0.377 e. The Kier molecular flexibility index (Phi) is 7.69. The van der Waals surface area contributed by atoms with Gasteiger partial charge in [-0.1, -0.05) is 13.3 Å². The maximum absolute atomic E-state index is 11.1. The lowest BCUT2D eigenvalue weighted by atomic mass is 10.2. The van der Waals surface area contributed by atoms with Crippen LogP contribution in [0.3, 0.4) is 0 Å². The third kappa shape index (κ3) is 9.34. The Morgan fingerprint density at radius 1 is 1.46 bits per heavy atom. The summed E-state index contributed by atoms with van der Waals surface area (Å²) in [7, 11) is 0. The summed E-state index contributed by atoms with van der Waals surface area (Å²) in [4.78, 5) is 11.1. The van der Waals surface area contributed by atoms with E-state index in [0.29, 0.717) is 19.6 Å². The second kappa shape index (κ2) is 8.05. The summed E-state index contributed by atoms with van der Waals surface area (Å²) in [6, 6.07) is 0. The fourth-order valence-electron chi connectivity index (χ4n) is 0.911. The zero-order valence-electron chi connectivity index (χ0n) is 8.93. The highest BCUT2D eigenvalue weighted by atomic mass is 16.5. The van der Waals surface area contributed by atoms with E-state index in [4.69, 9.17) is 4.74 Å². The fraction of sp³-hybridized carbons (Fsp3) is 0.900. The van der Waals surface area contributed by atoms with Gasteiger partial charge >= 0.3 is 0 Å². The Morgan fingerprint density at radius 3 is 2.69 bits per heavy atom. The Labute approximate surface area is 80.8 Å². The minimum absolute atomic E-state index is 0.134. The van der Waals surface area contributed by atoms with Gasteiger partial charge in [0.15, 0.2) is 0 Å². The first kappa shape index (κ1) is 12.4. The lowest BCUT2D eigenvalue weighted by molar-refractivity contribution is -0.121. The standard InChI is InChI=1S/C10H21NO2/c1-4-5-6-10(12)11-7-8-13-9(2)3/h9H,4-8H2,1-3H3,(H,11,12). The molecule has 0 fully saturated rings. The molecule has 0 aromatic carbocycles. The van der Waals surface area contributed by atoms with Crippen LogP contribution >= 0.6 is 0 Å². The Hall–Kier alpha value is -0.570. The van der Waals surface area contributed by atoms with Crippen molar-refractivity contribution in [3.05, 3.63) is 0 Å². The van der Waals surface area contributed by atoms with Gasteiger partial charge < -0.3 is 10.1 Å². The molecule has 0 aromatic heterocycles. The molecule has 0 spiro atoms. The van der Waals surface area contributed by atoms with Crippen LogP contribution in [0.5, 0.6) is 0 Å². The second-order valence-corrected chi connectivity index (χ2v) is 3.37. The van der Waals surface area contributed by atoms with Gasteiger partial charge in [-0.25, -0.2) is 0 Å². The van der Waals surface area contributed by atoms with Crippen LogP contribution in [0.4, 0.5) is 0 Å². The first-order valence-corrected chi connectivity index (χ1v) is 5.05. The molecule has 3 nitrogen and oxygen atoms in total. The van der Waals surface area contributed by atoms with E-state index in [1.165, 1.54) is 0 Å². The highest BCUT2D eigenvalue weighted by Gasteiger charge is 1.99. The molecule has 1 amide bonds. The highest BCUT2D eigenvalue weighted by Crippen LogP contribution is 1.92. The number of nitrogens with one attached hydrogen (secondary N) is 1. The van der Waals surface area contributed by atoms with E-state index >= 15 is 0 Å². The highest BCUT2D eigenvalue weighted by molar-refractivity contribution is 5.75. The van der Waals surface area contributed by atoms with Crippen LogP contribution in [-0.4, -0.2) is 25.2 Å².